The molecule has 4 rings (SSSR count). The van der Waals surface area contributed by atoms with Crippen molar-refractivity contribution in [2.45, 2.75) is 25.3 Å². The molecule has 0 fully saturated rings. The molecule has 0 radical (unpaired) electrons. The lowest BCUT2D eigenvalue weighted by Gasteiger charge is -2.19. The van der Waals surface area contributed by atoms with Gasteiger partial charge in [-0.1, -0.05) is 29.8 Å². The smallest absolute Gasteiger partial charge is 0.220 e. The standard InChI is InChI=1S/C21H21ClN4O/c1-27-16-6-2-5-14(10-16)19-12-20(26-21(23)25-19)17-7-3-4-13-8-9-15(22)11-18(13)24-17/h2,5-6,8-12,17,24H,3-4,7H2,1H3,(H2,23,25,26). The van der Waals surface area contributed by atoms with Crippen LogP contribution in [0.5, 0.6) is 5.75 Å². The molecule has 0 aliphatic carbocycles. The van der Waals surface area contributed by atoms with Gasteiger partial charge in [0.2, 0.25) is 5.95 Å². The number of fused-ring (bicyclic) bond motifs is 1. The van der Waals surface area contributed by atoms with Crippen molar-refractivity contribution >= 4 is 23.2 Å². The van der Waals surface area contributed by atoms with Crippen LogP contribution in [0.1, 0.15) is 30.1 Å². The Morgan fingerprint density at radius 3 is 2.89 bits per heavy atom. The van der Waals surface area contributed by atoms with E-state index in [1.165, 1.54) is 5.56 Å². The molecule has 1 aliphatic rings. The van der Waals surface area contributed by atoms with Crippen LogP contribution in [-0.4, -0.2) is 17.1 Å². The monoisotopic (exact) mass is 380 g/mol. The fraction of sp³-hybridized carbons (Fsp3) is 0.238. The van der Waals surface area contributed by atoms with Crippen LogP contribution in [0.25, 0.3) is 11.3 Å². The molecule has 0 saturated heterocycles. The first-order chi connectivity index (χ1) is 13.1. The molecule has 3 N–H and O–H groups in total. The molecule has 2 aromatic carbocycles. The highest BCUT2D eigenvalue weighted by Crippen LogP contribution is 2.34. The van der Waals surface area contributed by atoms with E-state index in [0.29, 0.717) is 0 Å². The van der Waals surface area contributed by atoms with Gasteiger partial charge >= 0.3 is 0 Å². The van der Waals surface area contributed by atoms with Gasteiger partial charge in [0.05, 0.1) is 24.5 Å². The minimum Gasteiger partial charge on any atom is -0.497 e. The summed E-state index contributed by atoms with van der Waals surface area (Å²) in [5.41, 5.74) is 11.0. The molecule has 138 valence electrons. The molecule has 0 spiro atoms. The molecule has 2 heterocycles. The van der Waals surface area contributed by atoms with Gasteiger partial charge in [-0.25, -0.2) is 9.97 Å². The predicted octanol–water partition coefficient (Wildman–Crippen LogP) is 4.88. The molecule has 1 atom stereocenters. The van der Waals surface area contributed by atoms with Gasteiger partial charge < -0.3 is 15.8 Å². The normalized spacial score (nSPS) is 16.1. The van der Waals surface area contributed by atoms with Gasteiger partial charge in [0.25, 0.3) is 0 Å². The SMILES string of the molecule is COc1cccc(-c2cc(C3CCCc4ccc(Cl)cc4N3)nc(N)n2)c1. The maximum absolute atomic E-state index is 6.19. The summed E-state index contributed by atoms with van der Waals surface area (Å²) in [6.07, 6.45) is 3.03. The number of aromatic nitrogens is 2. The van der Waals surface area contributed by atoms with Crippen molar-refractivity contribution < 1.29 is 4.74 Å². The van der Waals surface area contributed by atoms with E-state index in [4.69, 9.17) is 22.1 Å². The molecule has 0 saturated carbocycles. The molecule has 1 aliphatic heterocycles. The predicted molar refractivity (Wildman–Crippen MR) is 109 cm³/mol. The van der Waals surface area contributed by atoms with Crippen LogP contribution < -0.4 is 15.8 Å². The Kier molecular flexibility index (Phi) is 4.86. The molecule has 1 unspecified atom stereocenters. The third kappa shape index (κ3) is 3.83. The molecular weight excluding hydrogens is 360 g/mol. The van der Waals surface area contributed by atoms with E-state index in [1.54, 1.807) is 7.11 Å². The fourth-order valence-electron chi connectivity index (χ4n) is 3.47. The van der Waals surface area contributed by atoms with E-state index in [2.05, 4.69) is 21.4 Å². The molecular formula is C21H21ClN4O. The van der Waals surface area contributed by atoms with Crippen molar-refractivity contribution in [1.82, 2.24) is 9.97 Å². The summed E-state index contributed by atoms with van der Waals surface area (Å²) in [6.45, 7) is 0. The van der Waals surface area contributed by atoms with Crippen LogP contribution >= 0.6 is 11.6 Å². The first-order valence-electron chi connectivity index (χ1n) is 8.96. The highest BCUT2D eigenvalue weighted by molar-refractivity contribution is 6.30. The maximum Gasteiger partial charge on any atom is 0.220 e. The largest absolute Gasteiger partial charge is 0.497 e. The van der Waals surface area contributed by atoms with Gasteiger partial charge in [0.1, 0.15) is 5.75 Å². The number of nitrogens with one attached hydrogen (secondary N) is 1. The van der Waals surface area contributed by atoms with Crippen LogP contribution in [0, 0.1) is 0 Å². The van der Waals surface area contributed by atoms with Crippen LogP contribution in [0.15, 0.2) is 48.5 Å². The molecule has 6 heteroatoms. The second-order valence-corrected chi connectivity index (χ2v) is 7.10. The van der Waals surface area contributed by atoms with Gasteiger partial charge in [-0.2, -0.15) is 0 Å². The highest BCUT2D eigenvalue weighted by atomic mass is 35.5. The summed E-state index contributed by atoms with van der Waals surface area (Å²) in [4.78, 5) is 8.92. The van der Waals surface area contributed by atoms with E-state index in [1.807, 2.05) is 42.5 Å². The third-order valence-electron chi connectivity index (χ3n) is 4.83. The van der Waals surface area contributed by atoms with Gasteiger partial charge in [-0.3, -0.25) is 0 Å². The maximum atomic E-state index is 6.19. The summed E-state index contributed by atoms with van der Waals surface area (Å²) in [7, 11) is 1.65. The average molecular weight is 381 g/mol. The number of halogens is 1. The molecule has 5 nitrogen and oxygen atoms in total. The summed E-state index contributed by atoms with van der Waals surface area (Å²) in [6, 6.07) is 15.8. The second kappa shape index (κ2) is 7.45. The molecule has 3 aromatic rings. The lowest BCUT2D eigenvalue weighted by atomic mass is 10.0. The number of nitrogens with two attached hydrogens (primary N) is 1. The number of nitrogens with zero attached hydrogens (tertiary/aromatic N) is 2. The Morgan fingerprint density at radius 1 is 1.15 bits per heavy atom. The molecule has 0 bridgehead atoms. The van der Waals surface area contributed by atoms with Gasteiger partial charge in [0, 0.05) is 16.3 Å². The van der Waals surface area contributed by atoms with Crippen LogP contribution in [0.3, 0.4) is 0 Å². The number of hydrogen-bond donors (Lipinski definition) is 2. The Labute approximate surface area is 163 Å². The van der Waals surface area contributed by atoms with E-state index < -0.39 is 0 Å². The number of anilines is 2. The minimum absolute atomic E-state index is 0.0550. The second-order valence-electron chi connectivity index (χ2n) is 6.66. The summed E-state index contributed by atoms with van der Waals surface area (Å²) >= 11 is 6.19. The van der Waals surface area contributed by atoms with Crippen molar-refractivity contribution in [2.24, 2.45) is 0 Å². The summed E-state index contributed by atoms with van der Waals surface area (Å²) in [5, 5.41) is 4.31. The van der Waals surface area contributed by atoms with Crippen LogP contribution in [-0.2, 0) is 6.42 Å². The Morgan fingerprint density at radius 2 is 2.04 bits per heavy atom. The number of benzene rings is 2. The molecule has 27 heavy (non-hydrogen) atoms. The van der Waals surface area contributed by atoms with Crippen molar-refractivity contribution in [3.8, 4) is 17.0 Å². The Hall–Kier alpha value is -2.79. The van der Waals surface area contributed by atoms with Gasteiger partial charge in [-0.15, -0.1) is 0 Å². The van der Waals surface area contributed by atoms with Crippen molar-refractivity contribution in [1.29, 1.82) is 0 Å². The zero-order chi connectivity index (χ0) is 18.8. The van der Waals surface area contributed by atoms with E-state index in [9.17, 15) is 0 Å². The first-order valence-corrected chi connectivity index (χ1v) is 9.34. The topological polar surface area (TPSA) is 73.1 Å². The van der Waals surface area contributed by atoms with Gasteiger partial charge in [0.15, 0.2) is 0 Å². The molecule has 0 amide bonds. The highest BCUT2D eigenvalue weighted by Gasteiger charge is 2.20. The number of hydrogen-bond acceptors (Lipinski definition) is 5. The van der Waals surface area contributed by atoms with Crippen molar-refractivity contribution in [3.05, 3.63) is 64.8 Å². The quantitative estimate of drug-likeness (QED) is 0.677. The molecule has 1 aromatic heterocycles. The minimum atomic E-state index is 0.0550. The number of aryl methyl sites for hydroxylation is 1. The average Bonchev–Trinajstić information content (AvgIpc) is 2.89. The lowest BCUT2D eigenvalue weighted by Crippen LogP contribution is -2.13. The van der Waals surface area contributed by atoms with Gasteiger partial charge in [-0.05, 0) is 55.2 Å². The van der Waals surface area contributed by atoms with Crippen LogP contribution in [0.2, 0.25) is 5.02 Å². The van der Waals surface area contributed by atoms with E-state index in [0.717, 1.165) is 52.7 Å². The zero-order valence-electron chi connectivity index (χ0n) is 15.1. The van der Waals surface area contributed by atoms with Crippen LogP contribution in [0.4, 0.5) is 11.6 Å². The summed E-state index contributed by atoms with van der Waals surface area (Å²) in [5.74, 6) is 1.05. The summed E-state index contributed by atoms with van der Waals surface area (Å²) < 4.78 is 5.32. The zero-order valence-corrected chi connectivity index (χ0v) is 15.8. The van der Waals surface area contributed by atoms with E-state index in [-0.39, 0.29) is 12.0 Å². The third-order valence-corrected chi connectivity index (χ3v) is 5.06. The Bertz CT molecular complexity index is 976. The number of methoxy groups -OCH3 is 1. The van der Waals surface area contributed by atoms with E-state index >= 15 is 0 Å². The number of ether oxygens (including phenoxy) is 1. The Balaban J connectivity index is 1.70. The fourth-order valence-corrected chi connectivity index (χ4v) is 3.65. The van der Waals surface area contributed by atoms with Crippen molar-refractivity contribution in [2.75, 3.05) is 18.2 Å². The number of rotatable bonds is 3. The first kappa shape index (κ1) is 17.6. The number of nitrogen functional groups attached to an aromatic ring is 1. The lowest BCUT2D eigenvalue weighted by molar-refractivity contribution is 0.415. The van der Waals surface area contributed by atoms with Crippen molar-refractivity contribution in [3.63, 3.8) is 0 Å².